The number of nitrogens with zero attached hydrogens (tertiary/aromatic N) is 4. The number of benzene rings is 2. The van der Waals surface area contributed by atoms with Gasteiger partial charge in [0.2, 0.25) is 10.0 Å². The third-order valence-corrected chi connectivity index (χ3v) is 10.1. The highest BCUT2D eigenvalue weighted by molar-refractivity contribution is 7.89. The average molecular weight is 618 g/mol. The van der Waals surface area contributed by atoms with Crippen molar-refractivity contribution in [3.8, 4) is 5.75 Å². The van der Waals surface area contributed by atoms with Crippen molar-refractivity contribution in [2.45, 2.75) is 45.4 Å². The molecule has 0 aliphatic carbocycles. The number of unbranched alkanes of at least 4 members (excludes halogenated alkanes) is 1. The average Bonchev–Trinajstić information content (AvgIpc) is 3.37. The van der Waals surface area contributed by atoms with Crippen molar-refractivity contribution in [2.24, 2.45) is 0 Å². The number of halogens is 2. The molecule has 0 N–H and O–H groups in total. The maximum Gasteiger partial charge on any atom is 0.260 e. The summed E-state index contributed by atoms with van der Waals surface area (Å²) in [5.41, 5.74) is 0.992. The van der Waals surface area contributed by atoms with Crippen molar-refractivity contribution in [1.29, 1.82) is 0 Å². The predicted octanol–water partition coefficient (Wildman–Crippen LogP) is 6.18. The first-order chi connectivity index (χ1) is 18.2. The van der Waals surface area contributed by atoms with Gasteiger partial charge < -0.3 is 9.64 Å². The Morgan fingerprint density at radius 3 is 2.21 bits per heavy atom. The van der Waals surface area contributed by atoms with E-state index in [0.29, 0.717) is 53.2 Å². The van der Waals surface area contributed by atoms with E-state index in [4.69, 9.17) is 21.3 Å². The van der Waals surface area contributed by atoms with E-state index in [1.54, 1.807) is 36.3 Å². The van der Waals surface area contributed by atoms with Gasteiger partial charge in [0.25, 0.3) is 5.91 Å². The molecule has 39 heavy (non-hydrogen) atoms. The lowest BCUT2D eigenvalue weighted by molar-refractivity contribution is 0.0983. The first-order valence-electron chi connectivity index (χ1n) is 13.0. The zero-order valence-corrected chi connectivity index (χ0v) is 26.4. The Bertz CT molecular complexity index is 1330. The normalized spacial score (nSPS) is 11.7. The number of anilines is 1. The fourth-order valence-electron chi connectivity index (χ4n) is 4.14. The molecule has 1 amide bonds. The van der Waals surface area contributed by atoms with Crippen LogP contribution in [0.15, 0.2) is 41.3 Å². The zero-order valence-electron chi connectivity index (χ0n) is 23.1. The highest BCUT2D eigenvalue weighted by Crippen LogP contribution is 2.39. The quantitative estimate of drug-likeness (QED) is 0.215. The summed E-state index contributed by atoms with van der Waals surface area (Å²) in [6, 6.07) is 9.69. The molecule has 0 unspecified atom stereocenters. The minimum absolute atomic E-state index is 0. The van der Waals surface area contributed by atoms with E-state index in [2.05, 4.69) is 18.7 Å². The Kier molecular flexibility index (Phi) is 12.9. The number of hydrogen-bond acceptors (Lipinski definition) is 7. The number of ether oxygens (including phenoxy) is 1. The van der Waals surface area contributed by atoms with Crippen LogP contribution in [0.5, 0.6) is 5.75 Å². The molecule has 0 saturated carbocycles. The number of amides is 1. The Morgan fingerprint density at radius 1 is 0.974 bits per heavy atom. The number of rotatable bonds is 14. The van der Waals surface area contributed by atoms with E-state index < -0.39 is 10.0 Å². The highest BCUT2D eigenvalue weighted by Gasteiger charge is 2.26. The van der Waals surface area contributed by atoms with Gasteiger partial charge in [-0.3, -0.25) is 9.69 Å². The van der Waals surface area contributed by atoms with Crippen molar-refractivity contribution in [2.75, 3.05) is 51.3 Å². The molecule has 0 aliphatic heterocycles. The molecule has 1 aromatic heterocycles. The van der Waals surface area contributed by atoms with Crippen LogP contribution in [0, 0.1) is 0 Å². The Balaban J connectivity index is 0.00000533. The fraction of sp³-hybridized carbons (Fsp3) is 0.481. The molecule has 0 aliphatic rings. The third-order valence-electron chi connectivity index (χ3n) is 6.53. The number of carbonyl (C=O) groups excluding carboxylic acids is 1. The number of hydrogen-bond donors (Lipinski definition) is 0. The summed E-state index contributed by atoms with van der Waals surface area (Å²) >= 11 is 7.78. The maximum absolute atomic E-state index is 13.8. The topological polar surface area (TPSA) is 83.1 Å². The number of likely N-dealkylation sites (N-methyl/N-ethyl adjacent to an activating group) is 1. The van der Waals surface area contributed by atoms with Gasteiger partial charge in [-0.1, -0.05) is 57.1 Å². The molecule has 8 nitrogen and oxygen atoms in total. The smallest absolute Gasteiger partial charge is 0.260 e. The van der Waals surface area contributed by atoms with E-state index in [-0.39, 0.29) is 23.2 Å². The molecule has 216 valence electrons. The lowest BCUT2D eigenvalue weighted by Crippen LogP contribution is -2.39. The Hall–Kier alpha value is -1.95. The molecular formula is C27H38Cl2N4O4S2. The van der Waals surface area contributed by atoms with Gasteiger partial charge in [-0.2, -0.15) is 4.31 Å². The van der Waals surface area contributed by atoms with Crippen LogP contribution < -0.4 is 9.64 Å². The van der Waals surface area contributed by atoms with Crippen LogP contribution in [0.1, 0.15) is 50.9 Å². The molecule has 3 rings (SSSR count). The van der Waals surface area contributed by atoms with Crippen LogP contribution in [0.2, 0.25) is 5.02 Å². The molecule has 0 atom stereocenters. The first kappa shape index (κ1) is 33.3. The SMILES string of the molecule is CCCCN(CC)S(=O)(=O)c1ccc(C(=O)N(CCN(CC)CC)c2nc3c(OC)ccc(Cl)c3s2)cc1.Cl. The lowest BCUT2D eigenvalue weighted by Gasteiger charge is -2.25. The van der Waals surface area contributed by atoms with Crippen LogP contribution in [0.4, 0.5) is 5.13 Å². The number of fused-ring (bicyclic) bond motifs is 1. The molecule has 2 aromatic carbocycles. The fourth-order valence-corrected chi connectivity index (χ4v) is 6.91. The van der Waals surface area contributed by atoms with Crippen LogP contribution in [-0.2, 0) is 10.0 Å². The van der Waals surface area contributed by atoms with Crippen molar-refractivity contribution in [3.05, 3.63) is 47.0 Å². The van der Waals surface area contributed by atoms with Crippen LogP contribution in [-0.4, -0.2) is 74.9 Å². The summed E-state index contributed by atoms with van der Waals surface area (Å²) in [5, 5.41) is 1.05. The lowest BCUT2D eigenvalue weighted by atomic mass is 10.2. The van der Waals surface area contributed by atoms with Crippen molar-refractivity contribution < 1.29 is 17.9 Å². The molecule has 1 heterocycles. The van der Waals surface area contributed by atoms with Gasteiger partial charge in [-0.05, 0) is 55.9 Å². The molecular weight excluding hydrogens is 579 g/mol. The summed E-state index contributed by atoms with van der Waals surface area (Å²) in [7, 11) is -2.06. The second kappa shape index (κ2) is 15.2. The number of carbonyl (C=O) groups is 1. The zero-order chi connectivity index (χ0) is 27.9. The largest absolute Gasteiger partial charge is 0.494 e. The highest BCUT2D eigenvalue weighted by atomic mass is 35.5. The minimum Gasteiger partial charge on any atom is -0.494 e. The summed E-state index contributed by atoms with van der Waals surface area (Å²) in [6.45, 7) is 11.7. The second-order valence-electron chi connectivity index (χ2n) is 8.78. The summed E-state index contributed by atoms with van der Waals surface area (Å²) in [5.74, 6) is 0.328. The number of aromatic nitrogens is 1. The Labute approximate surface area is 247 Å². The van der Waals surface area contributed by atoms with E-state index in [9.17, 15) is 13.2 Å². The van der Waals surface area contributed by atoms with E-state index in [1.165, 1.54) is 27.8 Å². The standard InChI is InChI=1S/C27H37ClN4O4S2.ClH/c1-6-10-17-31(9-4)38(34,35)21-13-11-20(12-14-21)26(33)32(19-18-30(7-2)8-3)27-29-24-23(36-5)16-15-22(28)25(24)37-27;/h11-16H,6-10,17-19H2,1-5H3;1H. The molecule has 0 bridgehead atoms. The Morgan fingerprint density at radius 2 is 1.64 bits per heavy atom. The molecule has 0 spiro atoms. The summed E-state index contributed by atoms with van der Waals surface area (Å²) < 4.78 is 34.0. The molecule has 12 heteroatoms. The number of thiazole rings is 1. The van der Waals surface area contributed by atoms with E-state index >= 15 is 0 Å². The van der Waals surface area contributed by atoms with Gasteiger partial charge >= 0.3 is 0 Å². The maximum atomic E-state index is 13.8. The molecule has 3 aromatic rings. The van der Waals surface area contributed by atoms with Crippen molar-refractivity contribution in [3.63, 3.8) is 0 Å². The van der Waals surface area contributed by atoms with Gasteiger partial charge in [-0.25, -0.2) is 13.4 Å². The molecule has 0 radical (unpaired) electrons. The van der Waals surface area contributed by atoms with Crippen LogP contribution in [0.3, 0.4) is 0 Å². The predicted molar refractivity (Wildman–Crippen MR) is 164 cm³/mol. The molecule has 0 fully saturated rings. The summed E-state index contributed by atoms with van der Waals surface area (Å²) in [6.07, 6.45) is 1.70. The minimum atomic E-state index is -3.63. The third kappa shape index (κ3) is 7.62. The van der Waals surface area contributed by atoms with Crippen molar-refractivity contribution >= 4 is 66.6 Å². The van der Waals surface area contributed by atoms with Gasteiger partial charge in [0.1, 0.15) is 11.3 Å². The van der Waals surface area contributed by atoms with Gasteiger partial charge in [-0.15, -0.1) is 12.4 Å². The second-order valence-corrected chi connectivity index (χ2v) is 12.1. The summed E-state index contributed by atoms with van der Waals surface area (Å²) in [4.78, 5) is 22.6. The van der Waals surface area contributed by atoms with Crippen LogP contribution in [0.25, 0.3) is 10.2 Å². The number of sulfonamides is 1. The number of methoxy groups -OCH3 is 1. The van der Waals surface area contributed by atoms with Crippen molar-refractivity contribution in [1.82, 2.24) is 14.2 Å². The van der Waals surface area contributed by atoms with Gasteiger partial charge in [0, 0.05) is 31.7 Å². The first-order valence-corrected chi connectivity index (χ1v) is 15.6. The molecule has 0 saturated heterocycles. The van der Waals surface area contributed by atoms with Gasteiger partial charge in [0.15, 0.2) is 5.13 Å². The van der Waals surface area contributed by atoms with Crippen LogP contribution >= 0.6 is 35.3 Å². The monoisotopic (exact) mass is 616 g/mol. The van der Waals surface area contributed by atoms with E-state index in [1.807, 2.05) is 13.8 Å². The van der Waals surface area contributed by atoms with E-state index in [0.717, 1.165) is 30.6 Å². The van der Waals surface area contributed by atoms with Gasteiger partial charge in [0.05, 0.1) is 21.7 Å².